The average Bonchev–Trinajstić information content (AvgIpc) is 3.13. The first-order valence-electron chi connectivity index (χ1n) is 8.45. The van der Waals surface area contributed by atoms with Gasteiger partial charge in [0.05, 0.1) is 12.1 Å². The second-order valence-corrected chi connectivity index (χ2v) is 6.59. The molecule has 3 aromatic rings. The van der Waals surface area contributed by atoms with Gasteiger partial charge in [-0.05, 0) is 30.3 Å². The van der Waals surface area contributed by atoms with E-state index in [4.69, 9.17) is 16.3 Å². The number of carbonyl (C=O) groups excluding carboxylic acids is 1. The largest absolute Gasteiger partial charge is 0.494 e. The van der Waals surface area contributed by atoms with Crippen molar-refractivity contribution in [2.24, 2.45) is 0 Å². The Kier molecular flexibility index (Phi) is 4.57. The summed E-state index contributed by atoms with van der Waals surface area (Å²) in [5.41, 5.74) is 0.905. The van der Waals surface area contributed by atoms with E-state index in [1.54, 1.807) is 17.0 Å². The molecule has 1 aliphatic heterocycles. The molecule has 1 aliphatic rings. The number of hydrogen-bond acceptors (Lipinski definition) is 5. The minimum atomic E-state index is -0.547. The van der Waals surface area contributed by atoms with Gasteiger partial charge in [0.1, 0.15) is 0 Å². The molecule has 140 valence electrons. The summed E-state index contributed by atoms with van der Waals surface area (Å²) in [6.45, 7) is 2.19. The van der Waals surface area contributed by atoms with Crippen LogP contribution in [0.25, 0.3) is 5.65 Å². The van der Waals surface area contributed by atoms with Crippen LogP contribution in [-0.2, 0) is 0 Å². The van der Waals surface area contributed by atoms with Gasteiger partial charge in [-0.15, -0.1) is 10.2 Å². The number of methoxy groups -OCH3 is 1. The molecule has 0 radical (unpaired) electrons. The topological polar surface area (TPSA) is 63.0 Å². The summed E-state index contributed by atoms with van der Waals surface area (Å²) in [5, 5.41) is 8.89. The van der Waals surface area contributed by atoms with Crippen LogP contribution in [0.2, 0.25) is 5.02 Å². The number of ether oxygens (including phenoxy) is 1. The van der Waals surface area contributed by atoms with Crippen LogP contribution >= 0.6 is 11.6 Å². The highest BCUT2D eigenvalue weighted by atomic mass is 35.5. The second-order valence-electron chi connectivity index (χ2n) is 6.18. The fourth-order valence-electron chi connectivity index (χ4n) is 3.18. The molecule has 9 heteroatoms. The number of carbonyl (C=O) groups is 1. The van der Waals surface area contributed by atoms with E-state index in [1.807, 2.05) is 16.7 Å². The lowest BCUT2D eigenvalue weighted by Crippen LogP contribution is -2.49. The summed E-state index contributed by atoms with van der Waals surface area (Å²) in [6, 6.07) is 7.84. The van der Waals surface area contributed by atoms with Crippen molar-refractivity contribution < 1.29 is 13.9 Å². The van der Waals surface area contributed by atoms with Crippen molar-refractivity contribution in [3.63, 3.8) is 0 Å². The van der Waals surface area contributed by atoms with Crippen LogP contribution in [0.5, 0.6) is 5.75 Å². The zero-order chi connectivity index (χ0) is 19.0. The Morgan fingerprint density at radius 1 is 1.19 bits per heavy atom. The quantitative estimate of drug-likeness (QED) is 0.688. The normalized spacial score (nSPS) is 14.6. The number of amides is 1. The van der Waals surface area contributed by atoms with Gasteiger partial charge in [0.2, 0.25) is 5.95 Å². The van der Waals surface area contributed by atoms with Crippen molar-refractivity contribution in [1.29, 1.82) is 0 Å². The summed E-state index contributed by atoms with van der Waals surface area (Å²) in [7, 11) is 1.39. The molecule has 0 atom stereocenters. The van der Waals surface area contributed by atoms with Crippen LogP contribution in [0.1, 0.15) is 10.4 Å². The number of benzene rings is 1. The van der Waals surface area contributed by atoms with E-state index in [0.717, 1.165) is 0 Å². The lowest BCUT2D eigenvalue weighted by Gasteiger charge is -2.34. The molecule has 27 heavy (non-hydrogen) atoms. The molecule has 4 rings (SSSR count). The average molecular weight is 390 g/mol. The molecule has 1 aromatic carbocycles. The number of aromatic nitrogens is 3. The number of fused-ring (bicyclic) bond motifs is 1. The van der Waals surface area contributed by atoms with E-state index in [9.17, 15) is 9.18 Å². The van der Waals surface area contributed by atoms with Crippen molar-refractivity contribution in [3.8, 4) is 5.75 Å². The predicted octanol–water partition coefficient (Wildman–Crippen LogP) is 2.49. The molecule has 0 bridgehead atoms. The third kappa shape index (κ3) is 3.16. The third-order valence-corrected chi connectivity index (χ3v) is 4.91. The maximum absolute atomic E-state index is 13.9. The highest BCUT2D eigenvalue weighted by Crippen LogP contribution is 2.22. The SMILES string of the molecule is COc1ccc(C(=O)N2CCN(c3nnc4c(Cl)cccn34)CC2)cc1F. The second kappa shape index (κ2) is 7.03. The zero-order valence-electron chi connectivity index (χ0n) is 14.6. The minimum Gasteiger partial charge on any atom is -0.494 e. The first-order chi connectivity index (χ1) is 13.1. The maximum atomic E-state index is 13.9. The molecular formula is C18H17ClFN5O2. The van der Waals surface area contributed by atoms with Crippen LogP contribution in [0.3, 0.4) is 0 Å². The van der Waals surface area contributed by atoms with Crippen LogP contribution < -0.4 is 9.64 Å². The Labute approximate surface area is 159 Å². The van der Waals surface area contributed by atoms with Crippen LogP contribution in [0.15, 0.2) is 36.5 Å². The number of pyridine rings is 1. The van der Waals surface area contributed by atoms with Crippen LogP contribution in [0.4, 0.5) is 10.3 Å². The first-order valence-corrected chi connectivity index (χ1v) is 8.83. The lowest BCUT2D eigenvalue weighted by molar-refractivity contribution is 0.0745. The van der Waals surface area contributed by atoms with E-state index in [2.05, 4.69) is 15.1 Å². The first kappa shape index (κ1) is 17.5. The Bertz CT molecular complexity index is 1000. The van der Waals surface area contributed by atoms with E-state index in [0.29, 0.717) is 48.4 Å². The van der Waals surface area contributed by atoms with Gasteiger partial charge in [0.25, 0.3) is 5.91 Å². The number of piperazine rings is 1. The monoisotopic (exact) mass is 389 g/mol. The van der Waals surface area contributed by atoms with Gasteiger partial charge in [0.15, 0.2) is 17.2 Å². The van der Waals surface area contributed by atoms with E-state index in [-0.39, 0.29) is 11.7 Å². The third-order valence-electron chi connectivity index (χ3n) is 4.62. The molecule has 1 saturated heterocycles. The van der Waals surface area contributed by atoms with Crippen LogP contribution in [0, 0.1) is 5.82 Å². The number of anilines is 1. The van der Waals surface area contributed by atoms with Gasteiger partial charge in [-0.25, -0.2) is 4.39 Å². The summed E-state index contributed by atoms with van der Waals surface area (Å²) >= 11 is 6.14. The highest BCUT2D eigenvalue weighted by molar-refractivity contribution is 6.33. The molecule has 1 fully saturated rings. The van der Waals surface area contributed by atoms with E-state index < -0.39 is 5.82 Å². The molecule has 2 aromatic heterocycles. The standard InChI is InChI=1S/C18H17ClFN5O2/c1-27-15-5-4-12(11-14(15)20)17(26)23-7-9-24(10-8-23)18-22-21-16-13(19)3-2-6-25(16)18/h2-6,11H,7-10H2,1H3. The number of halogens is 2. The smallest absolute Gasteiger partial charge is 0.254 e. The number of rotatable bonds is 3. The Hall–Kier alpha value is -2.87. The molecular weight excluding hydrogens is 373 g/mol. The van der Waals surface area contributed by atoms with E-state index >= 15 is 0 Å². The van der Waals surface area contributed by atoms with Gasteiger partial charge >= 0.3 is 0 Å². The Morgan fingerprint density at radius 2 is 1.96 bits per heavy atom. The maximum Gasteiger partial charge on any atom is 0.254 e. The summed E-state index contributed by atoms with van der Waals surface area (Å²) in [4.78, 5) is 16.4. The van der Waals surface area contributed by atoms with Gasteiger partial charge in [-0.2, -0.15) is 0 Å². The predicted molar refractivity (Wildman–Crippen MR) is 99.1 cm³/mol. The molecule has 1 amide bonds. The molecule has 7 nitrogen and oxygen atoms in total. The lowest BCUT2D eigenvalue weighted by atomic mass is 10.1. The molecule has 0 unspecified atom stereocenters. The van der Waals surface area contributed by atoms with Crippen molar-refractivity contribution in [2.45, 2.75) is 0 Å². The van der Waals surface area contributed by atoms with Gasteiger partial charge < -0.3 is 14.5 Å². The van der Waals surface area contributed by atoms with Crippen molar-refractivity contribution in [2.75, 3.05) is 38.2 Å². The van der Waals surface area contributed by atoms with Gasteiger partial charge in [-0.3, -0.25) is 9.20 Å². The zero-order valence-corrected chi connectivity index (χ0v) is 15.4. The summed E-state index contributed by atoms with van der Waals surface area (Å²) in [6.07, 6.45) is 1.86. The summed E-state index contributed by atoms with van der Waals surface area (Å²) < 4.78 is 20.6. The van der Waals surface area contributed by atoms with Crippen molar-refractivity contribution in [1.82, 2.24) is 19.5 Å². The summed E-state index contributed by atoms with van der Waals surface area (Å²) in [5.74, 6) is 0.0583. The van der Waals surface area contributed by atoms with Gasteiger partial charge in [-0.1, -0.05) is 11.6 Å². The molecule has 3 heterocycles. The minimum absolute atomic E-state index is 0.119. The molecule has 0 saturated carbocycles. The molecule has 0 aliphatic carbocycles. The number of nitrogens with zero attached hydrogens (tertiary/aromatic N) is 5. The highest BCUT2D eigenvalue weighted by Gasteiger charge is 2.25. The molecule has 0 N–H and O–H groups in total. The van der Waals surface area contributed by atoms with Crippen molar-refractivity contribution >= 4 is 29.1 Å². The molecule has 0 spiro atoms. The fraction of sp³-hybridized carbons (Fsp3) is 0.278. The van der Waals surface area contributed by atoms with Gasteiger partial charge in [0, 0.05) is 37.9 Å². The van der Waals surface area contributed by atoms with E-state index in [1.165, 1.54) is 19.2 Å². The Balaban J connectivity index is 1.47. The van der Waals surface area contributed by atoms with Crippen LogP contribution in [-0.4, -0.2) is 58.7 Å². The van der Waals surface area contributed by atoms with Crippen molar-refractivity contribution in [3.05, 3.63) is 52.9 Å². The number of hydrogen-bond donors (Lipinski definition) is 0. The fourth-order valence-corrected chi connectivity index (χ4v) is 3.38. The Morgan fingerprint density at radius 3 is 2.67 bits per heavy atom.